The van der Waals surface area contributed by atoms with E-state index in [2.05, 4.69) is 52.3 Å². The summed E-state index contributed by atoms with van der Waals surface area (Å²) >= 11 is 1.30. The van der Waals surface area contributed by atoms with Crippen LogP contribution in [-0.4, -0.2) is 0 Å². The Hall–Kier alpha value is 1.06. The maximum atomic E-state index is 5.00. The van der Waals surface area contributed by atoms with Crippen LogP contribution in [0.25, 0.3) is 10.8 Å². The molecule has 75 valence electrons. The van der Waals surface area contributed by atoms with Crippen molar-refractivity contribution in [2.75, 3.05) is 0 Å². The molecule has 0 unspecified atom stereocenters. The first-order valence-electron chi connectivity index (χ1n) is 3.74. The predicted molar refractivity (Wildman–Crippen MR) is 64.8 cm³/mol. The molecule has 2 aromatic rings. The summed E-state index contributed by atoms with van der Waals surface area (Å²) in [6.45, 7) is 0. The second-order valence-corrected chi connectivity index (χ2v) is 14.6. The molecular formula is C9H6BrCl3Zr-. The molecule has 0 radical (unpaired) electrons. The van der Waals surface area contributed by atoms with E-state index in [0.717, 1.165) is 4.47 Å². The van der Waals surface area contributed by atoms with Crippen LogP contribution in [0.3, 0.4) is 0 Å². The molecule has 0 nitrogen and oxygen atoms in total. The molecule has 14 heavy (non-hydrogen) atoms. The van der Waals surface area contributed by atoms with Crippen molar-refractivity contribution in [2.45, 2.75) is 0 Å². The van der Waals surface area contributed by atoms with Gasteiger partial charge in [-0.3, -0.25) is 0 Å². The van der Waals surface area contributed by atoms with Crippen LogP contribution in [0.5, 0.6) is 0 Å². The summed E-state index contributed by atoms with van der Waals surface area (Å²) < 4.78 is 1.16. The van der Waals surface area contributed by atoms with E-state index >= 15 is 0 Å². The van der Waals surface area contributed by atoms with Crippen molar-refractivity contribution in [1.82, 2.24) is 0 Å². The topological polar surface area (TPSA) is 0 Å². The molecular weight excluding hydrogens is 386 g/mol. The Kier molecular flexibility index (Phi) is 6.19. The second kappa shape index (κ2) is 6.60. The van der Waals surface area contributed by atoms with Crippen molar-refractivity contribution >= 4 is 52.2 Å². The average molecular weight is 392 g/mol. The molecule has 0 fully saturated rings. The Morgan fingerprint density at radius 1 is 1.14 bits per heavy atom. The standard InChI is InChI=1S/C9H6Br.3ClH.Zr/c10-9-5-7-3-1-2-4-8(7)6-9;;;;/h1-6H;3*1H;/q-1;;;;+3/p-3. The zero-order chi connectivity index (χ0) is 10.6. The third-order valence-corrected chi connectivity index (χ3v) is 2.04. The number of hydrogen-bond donors (Lipinski definition) is 0. The van der Waals surface area contributed by atoms with Gasteiger partial charge in [-0.15, -0.1) is 35.0 Å². The van der Waals surface area contributed by atoms with Crippen molar-refractivity contribution in [3.05, 3.63) is 40.9 Å². The van der Waals surface area contributed by atoms with E-state index in [1.54, 1.807) is 0 Å². The summed E-state index contributed by atoms with van der Waals surface area (Å²) in [7, 11) is 15.0. The fraction of sp³-hybridized carbons (Fsp3) is 0. The summed E-state index contributed by atoms with van der Waals surface area (Å²) in [4.78, 5) is 0. The van der Waals surface area contributed by atoms with Crippen molar-refractivity contribution in [2.24, 2.45) is 0 Å². The van der Waals surface area contributed by atoms with Crippen LogP contribution in [0.1, 0.15) is 0 Å². The SMILES string of the molecule is Brc1cc2ccccc2[cH-]1.[Cl][Zr]([Cl])[Cl]. The Balaban J connectivity index is 0.000000213. The first-order chi connectivity index (χ1) is 6.59. The van der Waals surface area contributed by atoms with Gasteiger partial charge < -0.3 is 0 Å². The Morgan fingerprint density at radius 3 is 2.29 bits per heavy atom. The van der Waals surface area contributed by atoms with Gasteiger partial charge in [0, 0.05) is 0 Å². The molecule has 2 aromatic carbocycles. The molecule has 0 aromatic heterocycles. The number of benzene rings is 1. The normalized spacial score (nSPS) is 9.43. The summed E-state index contributed by atoms with van der Waals surface area (Å²) in [6.07, 6.45) is 0. The first-order valence-corrected chi connectivity index (χ1v) is 14.0. The molecule has 0 saturated carbocycles. The van der Waals surface area contributed by atoms with Gasteiger partial charge in [0.1, 0.15) is 0 Å². The fourth-order valence-electron chi connectivity index (χ4n) is 1.11. The minimum atomic E-state index is -2.13. The summed E-state index contributed by atoms with van der Waals surface area (Å²) in [5, 5.41) is 2.60. The van der Waals surface area contributed by atoms with E-state index in [9.17, 15) is 0 Å². The van der Waals surface area contributed by atoms with E-state index in [-0.39, 0.29) is 0 Å². The Labute approximate surface area is 110 Å². The number of rotatable bonds is 0. The summed E-state index contributed by atoms with van der Waals surface area (Å²) in [6, 6.07) is 12.6. The van der Waals surface area contributed by atoms with E-state index in [0.29, 0.717) is 0 Å². The zero-order valence-electron chi connectivity index (χ0n) is 6.98. The van der Waals surface area contributed by atoms with E-state index in [1.807, 2.05) is 0 Å². The molecule has 0 atom stereocenters. The molecule has 5 heteroatoms. The summed E-state index contributed by atoms with van der Waals surface area (Å²) in [5.41, 5.74) is 0. The van der Waals surface area contributed by atoms with Gasteiger partial charge in [-0.2, -0.15) is 6.07 Å². The van der Waals surface area contributed by atoms with Crippen LogP contribution in [-0.2, 0) is 18.2 Å². The molecule has 0 aliphatic carbocycles. The molecule has 0 amide bonds. The molecule has 0 spiro atoms. The van der Waals surface area contributed by atoms with Crippen LogP contribution in [0, 0.1) is 0 Å². The van der Waals surface area contributed by atoms with Crippen LogP contribution >= 0.6 is 41.5 Å². The maximum absolute atomic E-state index is 5.00. The molecule has 0 saturated heterocycles. The van der Waals surface area contributed by atoms with Gasteiger partial charge in [0.05, 0.1) is 0 Å². The van der Waals surface area contributed by atoms with Crippen molar-refractivity contribution in [3.8, 4) is 0 Å². The van der Waals surface area contributed by atoms with Crippen LogP contribution in [0.15, 0.2) is 40.9 Å². The second-order valence-electron chi connectivity index (χ2n) is 2.52. The third kappa shape index (κ3) is 4.72. The Morgan fingerprint density at radius 2 is 1.71 bits per heavy atom. The van der Waals surface area contributed by atoms with Crippen LogP contribution in [0.4, 0.5) is 0 Å². The average Bonchev–Trinajstić information content (AvgIpc) is 2.42. The number of fused-ring (bicyclic) bond motifs is 1. The predicted octanol–water partition coefficient (Wildman–Crippen LogP) is 5.39. The van der Waals surface area contributed by atoms with E-state index in [4.69, 9.17) is 25.5 Å². The van der Waals surface area contributed by atoms with Gasteiger partial charge >= 0.3 is 43.7 Å². The monoisotopic (exact) mass is 388 g/mol. The van der Waals surface area contributed by atoms with E-state index in [1.165, 1.54) is 10.8 Å². The van der Waals surface area contributed by atoms with Gasteiger partial charge in [0.25, 0.3) is 0 Å². The molecule has 2 rings (SSSR count). The molecule has 0 aliphatic heterocycles. The number of hydrogen-bond acceptors (Lipinski definition) is 0. The minimum absolute atomic E-state index is 1.16. The van der Waals surface area contributed by atoms with Gasteiger partial charge in [0.15, 0.2) is 0 Å². The quantitative estimate of drug-likeness (QED) is 0.528. The van der Waals surface area contributed by atoms with Crippen molar-refractivity contribution in [3.63, 3.8) is 0 Å². The fourth-order valence-corrected chi connectivity index (χ4v) is 1.61. The molecule has 0 heterocycles. The summed E-state index contributed by atoms with van der Waals surface area (Å²) in [5.74, 6) is 0. The molecule has 0 bridgehead atoms. The molecule has 0 N–H and O–H groups in total. The third-order valence-electron chi connectivity index (χ3n) is 1.58. The van der Waals surface area contributed by atoms with Crippen LogP contribution < -0.4 is 0 Å². The molecule has 0 aliphatic rings. The van der Waals surface area contributed by atoms with Gasteiger partial charge in [-0.1, -0.05) is 26.5 Å². The Bertz CT molecular complexity index is 364. The van der Waals surface area contributed by atoms with Gasteiger partial charge in [0.2, 0.25) is 0 Å². The van der Waals surface area contributed by atoms with Crippen molar-refractivity contribution in [1.29, 1.82) is 0 Å². The zero-order valence-corrected chi connectivity index (χ0v) is 13.3. The van der Waals surface area contributed by atoms with Gasteiger partial charge in [-0.05, 0) is 0 Å². The van der Waals surface area contributed by atoms with Crippen molar-refractivity contribution < 1.29 is 18.2 Å². The first kappa shape index (κ1) is 13.1. The van der Waals surface area contributed by atoms with Crippen LogP contribution in [0.2, 0.25) is 0 Å². The van der Waals surface area contributed by atoms with E-state index < -0.39 is 18.2 Å². The number of halogens is 4. The van der Waals surface area contributed by atoms with Gasteiger partial charge in [-0.25, -0.2) is 0 Å².